The van der Waals surface area contributed by atoms with Crippen LogP contribution in [0.3, 0.4) is 0 Å². The van der Waals surface area contributed by atoms with Crippen LogP contribution in [0.1, 0.15) is 6.92 Å². The first-order valence-electron chi connectivity index (χ1n) is 1.67. The molecule has 4 nitrogen and oxygen atoms in total. The Bertz CT molecular complexity index is 94.7. The molecule has 0 aromatic heterocycles. The van der Waals surface area contributed by atoms with E-state index in [1.165, 1.54) is 0 Å². The minimum absolute atomic E-state index is 1.13. The SMILES string of the molecule is CC(O)(S)OS(=O)O. The van der Waals surface area contributed by atoms with Gasteiger partial charge in [0.1, 0.15) is 0 Å². The smallest absolute Gasteiger partial charge is 0.305 e. The molecule has 2 unspecified atom stereocenters. The van der Waals surface area contributed by atoms with Crippen molar-refractivity contribution >= 4 is 24.0 Å². The molecule has 0 aromatic rings. The van der Waals surface area contributed by atoms with E-state index in [1.807, 2.05) is 0 Å². The lowest BCUT2D eigenvalue weighted by Gasteiger charge is -2.11. The first kappa shape index (κ1) is 8.38. The average molecular weight is 158 g/mol. The Labute approximate surface area is 54.8 Å². The molecule has 0 aliphatic heterocycles. The van der Waals surface area contributed by atoms with Gasteiger partial charge in [0.25, 0.3) is 0 Å². The zero-order valence-corrected chi connectivity index (χ0v) is 5.78. The van der Waals surface area contributed by atoms with Crippen LogP contribution in [-0.2, 0) is 15.5 Å². The highest BCUT2D eigenvalue weighted by atomic mass is 32.2. The normalized spacial score (nSPS) is 22.0. The summed E-state index contributed by atoms with van der Waals surface area (Å²) >= 11 is 0.913. The molecule has 2 atom stereocenters. The highest BCUT2D eigenvalue weighted by Gasteiger charge is 2.16. The number of rotatable bonds is 2. The average Bonchev–Trinajstić information content (AvgIpc) is 1.21. The summed E-state index contributed by atoms with van der Waals surface area (Å²) in [5.74, 6) is 0. The zero-order valence-electron chi connectivity index (χ0n) is 4.07. The van der Waals surface area contributed by atoms with Crippen molar-refractivity contribution in [2.75, 3.05) is 0 Å². The molecule has 0 aliphatic carbocycles. The van der Waals surface area contributed by atoms with Gasteiger partial charge >= 0.3 is 11.4 Å². The summed E-state index contributed by atoms with van der Waals surface area (Å²) in [6.45, 7) is 1.13. The number of hydrogen-bond donors (Lipinski definition) is 3. The molecule has 0 saturated heterocycles. The van der Waals surface area contributed by atoms with E-state index in [9.17, 15) is 4.21 Å². The molecule has 0 spiro atoms. The summed E-state index contributed by atoms with van der Waals surface area (Å²) in [5.41, 5.74) is 0. The summed E-state index contributed by atoms with van der Waals surface area (Å²) in [6, 6.07) is 0. The van der Waals surface area contributed by atoms with E-state index in [-0.39, 0.29) is 0 Å². The van der Waals surface area contributed by atoms with Gasteiger partial charge in [-0.25, -0.2) is 4.18 Å². The van der Waals surface area contributed by atoms with Crippen molar-refractivity contribution in [3.05, 3.63) is 0 Å². The van der Waals surface area contributed by atoms with Crippen molar-refractivity contribution in [2.24, 2.45) is 0 Å². The largest absolute Gasteiger partial charge is 0.357 e. The van der Waals surface area contributed by atoms with Gasteiger partial charge in [0.05, 0.1) is 0 Å². The van der Waals surface area contributed by atoms with Crippen LogP contribution in [0.15, 0.2) is 0 Å². The number of hydrogen-bond acceptors (Lipinski definition) is 4. The number of aliphatic hydroxyl groups is 1. The predicted octanol–water partition coefficient (Wildman–Crippen LogP) is -0.265. The Balaban J connectivity index is 3.55. The van der Waals surface area contributed by atoms with Gasteiger partial charge in [0.15, 0.2) is 0 Å². The summed E-state index contributed by atoms with van der Waals surface area (Å²) in [7, 11) is 0. The van der Waals surface area contributed by atoms with Crippen LogP contribution >= 0.6 is 12.6 Å². The van der Waals surface area contributed by atoms with Crippen molar-refractivity contribution < 1.29 is 18.1 Å². The maximum atomic E-state index is 9.69. The fraction of sp³-hybridized carbons (Fsp3) is 1.00. The zero-order chi connectivity index (χ0) is 6.78. The molecule has 8 heavy (non-hydrogen) atoms. The van der Waals surface area contributed by atoms with E-state index in [2.05, 4.69) is 16.8 Å². The molecular formula is C2H6O4S2. The molecule has 0 bridgehead atoms. The molecule has 0 saturated carbocycles. The van der Waals surface area contributed by atoms with Gasteiger partial charge in [-0.15, -0.1) is 12.6 Å². The quantitative estimate of drug-likeness (QED) is 0.294. The maximum Gasteiger partial charge on any atom is 0.305 e. The Kier molecular flexibility index (Phi) is 2.92. The van der Waals surface area contributed by atoms with Crippen LogP contribution in [0, 0.1) is 0 Å². The Morgan fingerprint density at radius 3 is 2.25 bits per heavy atom. The lowest BCUT2D eigenvalue weighted by atomic mass is 10.8. The molecular weight excluding hydrogens is 152 g/mol. The second kappa shape index (κ2) is 2.79. The maximum absolute atomic E-state index is 9.69. The molecule has 0 heterocycles. The van der Waals surface area contributed by atoms with Crippen LogP contribution in [0.5, 0.6) is 0 Å². The van der Waals surface area contributed by atoms with Crippen LogP contribution in [0.4, 0.5) is 0 Å². The fourth-order valence-electron chi connectivity index (χ4n) is 0.135. The molecule has 0 amide bonds. The third-order valence-corrected chi connectivity index (χ3v) is 0.911. The van der Waals surface area contributed by atoms with Crippen molar-refractivity contribution in [1.29, 1.82) is 0 Å². The monoisotopic (exact) mass is 158 g/mol. The van der Waals surface area contributed by atoms with Gasteiger partial charge < -0.3 is 5.11 Å². The topological polar surface area (TPSA) is 66.8 Å². The van der Waals surface area contributed by atoms with Crippen molar-refractivity contribution in [3.8, 4) is 0 Å². The van der Waals surface area contributed by atoms with Crippen LogP contribution in [0.2, 0.25) is 0 Å². The van der Waals surface area contributed by atoms with Crippen LogP contribution < -0.4 is 0 Å². The summed E-state index contributed by atoms with van der Waals surface area (Å²) in [5, 5.41) is 6.64. The van der Waals surface area contributed by atoms with E-state index in [0.29, 0.717) is 0 Å². The molecule has 50 valence electrons. The first-order valence-corrected chi connectivity index (χ1v) is 3.15. The van der Waals surface area contributed by atoms with Gasteiger partial charge in [-0.2, -0.15) is 4.21 Å². The van der Waals surface area contributed by atoms with Gasteiger partial charge in [-0.1, -0.05) is 0 Å². The van der Waals surface area contributed by atoms with Crippen LogP contribution in [-0.4, -0.2) is 19.0 Å². The molecule has 0 aliphatic rings. The van der Waals surface area contributed by atoms with Crippen molar-refractivity contribution in [3.63, 3.8) is 0 Å². The van der Waals surface area contributed by atoms with Crippen molar-refractivity contribution in [1.82, 2.24) is 0 Å². The van der Waals surface area contributed by atoms with E-state index in [0.717, 1.165) is 6.92 Å². The predicted molar refractivity (Wildman–Crippen MR) is 31.5 cm³/mol. The number of thiol groups is 1. The summed E-state index contributed by atoms with van der Waals surface area (Å²) < 4.78 is 21.5. The van der Waals surface area contributed by atoms with E-state index in [4.69, 9.17) is 9.66 Å². The minimum atomic E-state index is -2.46. The minimum Gasteiger partial charge on any atom is -0.357 e. The molecule has 2 N–H and O–H groups in total. The Hall–Kier alpha value is 0.380. The third-order valence-electron chi connectivity index (χ3n) is 0.229. The highest BCUT2D eigenvalue weighted by Crippen LogP contribution is 2.10. The summed E-state index contributed by atoms with van der Waals surface area (Å²) in [4.78, 5) is 0. The Morgan fingerprint density at radius 2 is 2.25 bits per heavy atom. The van der Waals surface area contributed by atoms with Crippen molar-refractivity contribution in [2.45, 2.75) is 12.0 Å². The van der Waals surface area contributed by atoms with E-state index < -0.39 is 16.5 Å². The second-order valence-electron chi connectivity index (χ2n) is 1.23. The highest BCUT2D eigenvalue weighted by molar-refractivity contribution is 7.82. The molecule has 0 rings (SSSR count). The van der Waals surface area contributed by atoms with Gasteiger partial charge in [0, 0.05) is 6.92 Å². The fourth-order valence-corrected chi connectivity index (χ4v) is 0.596. The van der Waals surface area contributed by atoms with E-state index >= 15 is 0 Å². The van der Waals surface area contributed by atoms with E-state index in [1.54, 1.807) is 0 Å². The van der Waals surface area contributed by atoms with Gasteiger partial charge in [-0.05, 0) is 0 Å². The molecule has 0 aromatic carbocycles. The van der Waals surface area contributed by atoms with Gasteiger partial charge in [0.2, 0.25) is 5.12 Å². The first-order chi connectivity index (χ1) is 3.42. The van der Waals surface area contributed by atoms with Crippen LogP contribution in [0.25, 0.3) is 0 Å². The molecule has 0 radical (unpaired) electrons. The lowest BCUT2D eigenvalue weighted by Crippen LogP contribution is -2.20. The molecule has 0 fully saturated rings. The second-order valence-corrected chi connectivity index (χ2v) is 2.67. The summed E-state index contributed by atoms with van der Waals surface area (Å²) in [6.07, 6.45) is 0. The Morgan fingerprint density at radius 1 is 1.88 bits per heavy atom. The lowest BCUT2D eigenvalue weighted by molar-refractivity contribution is -0.0294. The standard InChI is InChI=1S/C2H6O4S2/c1-2(3,7)6-8(4)5/h3,7H,1H3,(H,4,5). The molecule has 6 heteroatoms. The van der Waals surface area contributed by atoms with Gasteiger partial charge in [-0.3, -0.25) is 4.55 Å². The third kappa shape index (κ3) is 6.38.